The molecular formula is C41H40N6O7. The van der Waals surface area contributed by atoms with Crippen molar-refractivity contribution in [2.45, 2.75) is 84.4 Å². The molecule has 1 saturated heterocycles. The van der Waals surface area contributed by atoms with Gasteiger partial charge in [-0.1, -0.05) is 19.9 Å². The number of imide groups is 2. The Kier molecular flexibility index (Phi) is 8.41. The molecule has 0 radical (unpaired) electrons. The van der Waals surface area contributed by atoms with Gasteiger partial charge in [-0.05, 0) is 83.6 Å². The summed E-state index contributed by atoms with van der Waals surface area (Å²) in [5, 5.41) is 12.4. The van der Waals surface area contributed by atoms with E-state index in [0.717, 1.165) is 37.6 Å². The Balaban J connectivity index is 0.853. The zero-order valence-corrected chi connectivity index (χ0v) is 30.6. The van der Waals surface area contributed by atoms with Gasteiger partial charge in [0.2, 0.25) is 11.8 Å². The zero-order valence-electron chi connectivity index (χ0n) is 30.6. The molecule has 0 spiro atoms. The van der Waals surface area contributed by atoms with E-state index in [9.17, 15) is 34.0 Å². The highest BCUT2D eigenvalue weighted by Crippen LogP contribution is 2.43. The summed E-state index contributed by atoms with van der Waals surface area (Å²) in [7, 11) is 1.36. The van der Waals surface area contributed by atoms with Crippen LogP contribution in [0.5, 0.6) is 5.75 Å². The van der Waals surface area contributed by atoms with Crippen LogP contribution in [0.3, 0.4) is 0 Å². The summed E-state index contributed by atoms with van der Waals surface area (Å²) in [6.45, 7) is 7.84. The van der Waals surface area contributed by atoms with Crippen LogP contribution in [0.4, 0.5) is 0 Å². The fourth-order valence-corrected chi connectivity index (χ4v) is 8.33. The van der Waals surface area contributed by atoms with Crippen LogP contribution in [0.2, 0.25) is 0 Å². The number of benzene rings is 3. The molecule has 1 aliphatic carbocycles. The lowest BCUT2D eigenvalue weighted by Gasteiger charge is -2.51. The van der Waals surface area contributed by atoms with Gasteiger partial charge < -0.3 is 15.0 Å². The molecule has 2 fully saturated rings. The van der Waals surface area contributed by atoms with Crippen molar-refractivity contribution in [3.05, 3.63) is 98.6 Å². The number of hydrogen-bond acceptors (Lipinski definition) is 9. The molecule has 0 bridgehead atoms. The molecule has 0 aromatic heterocycles. The van der Waals surface area contributed by atoms with Crippen molar-refractivity contribution < 1.29 is 33.5 Å². The Bertz CT molecular complexity index is 2200. The summed E-state index contributed by atoms with van der Waals surface area (Å²) in [4.78, 5) is 84.1. The van der Waals surface area contributed by atoms with Gasteiger partial charge in [0, 0.05) is 63.1 Å². The van der Waals surface area contributed by atoms with Crippen LogP contribution in [0.1, 0.15) is 97.6 Å². The van der Waals surface area contributed by atoms with Crippen molar-refractivity contribution in [2.75, 3.05) is 13.6 Å². The van der Waals surface area contributed by atoms with Gasteiger partial charge in [-0.2, -0.15) is 5.26 Å². The van der Waals surface area contributed by atoms with Gasteiger partial charge in [0.15, 0.2) is 0 Å². The maximum atomic E-state index is 13.5. The molecule has 3 aromatic rings. The average Bonchev–Trinajstić information content (AvgIpc) is 3.82. The highest BCUT2D eigenvalue weighted by Gasteiger charge is 2.51. The molecule has 6 amide bonds. The van der Waals surface area contributed by atoms with Crippen molar-refractivity contribution in [1.82, 2.24) is 24.9 Å². The molecular weight excluding hydrogens is 688 g/mol. The third-order valence-corrected chi connectivity index (χ3v) is 11.9. The number of likely N-dealkylation sites (N-methyl/N-ethyl adjacent to an activating group) is 1. The molecule has 8 rings (SSSR count). The smallest absolute Gasteiger partial charge is 0.262 e. The van der Waals surface area contributed by atoms with E-state index < -0.39 is 23.8 Å². The highest BCUT2D eigenvalue weighted by atomic mass is 16.5. The Morgan fingerprint density at radius 1 is 0.907 bits per heavy atom. The van der Waals surface area contributed by atoms with Crippen molar-refractivity contribution in [2.24, 2.45) is 5.41 Å². The lowest BCUT2D eigenvalue weighted by atomic mass is 9.64. The van der Waals surface area contributed by atoms with E-state index in [0.29, 0.717) is 49.5 Å². The van der Waals surface area contributed by atoms with Crippen LogP contribution in [0.15, 0.2) is 48.5 Å². The molecule has 1 N–H and O–H groups in total. The first-order chi connectivity index (χ1) is 25.7. The summed E-state index contributed by atoms with van der Waals surface area (Å²) in [5.41, 5.74) is 5.78. The minimum absolute atomic E-state index is 0.0647. The number of likely N-dealkylation sites (tertiary alicyclic amines) is 1. The van der Waals surface area contributed by atoms with Crippen molar-refractivity contribution in [3.8, 4) is 11.8 Å². The predicted octanol–water partition coefficient (Wildman–Crippen LogP) is 3.44. The normalized spacial score (nSPS) is 22.8. The van der Waals surface area contributed by atoms with Crippen molar-refractivity contribution in [3.63, 3.8) is 0 Å². The topological polar surface area (TPSA) is 160 Å². The number of carbonyl (C=O) groups excluding carboxylic acids is 6. The third kappa shape index (κ3) is 5.81. The van der Waals surface area contributed by atoms with Crippen LogP contribution in [-0.2, 0) is 40.6 Å². The van der Waals surface area contributed by atoms with E-state index in [1.54, 1.807) is 35.2 Å². The number of piperidine rings is 1. The van der Waals surface area contributed by atoms with Gasteiger partial charge >= 0.3 is 0 Å². The van der Waals surface area contributed by atoms with Gasteiger partial charge in [-0.15, -0.1) is 0 Å². The number of hydrogen-bond donors (Lipinski definition) is 1. The molecule has 1 saturated carbocycles. The van der Waals surface area contributed by atoms with Gasteiger partial charge in [-0.25, -0.2) is 0 Å². The van der Waals surface area contributed by atoms with E-state index >= 15 is 0 Å². The van der Waals surface area contributed by atoms with E-state index in [1.165, 1.54) is 7.05 Å². The third-order valence-electron chi connectivity index (χ3n) is 11.9. The largest absolute Gasteiger partial charge is 0.490 e. The minimum atomic E-state index is -1.01. The second kappa shape index (κ2) is 12.9. The van der Waals surface area contributed by atoms with Crippen LogP contribution in [0, 0.1) is 23.7 Å². The number of amides is 6. The SMILES string of the molecule is Cc1cc(O[C@H]2C[C@H](NC(=O)c3ccc4c(c3)CN(C(=O)CN3Cc5cc6c(cc5C3)C(=O)N(C3CCC(=O)N(C)C3=O)C6=O)C4)C2(C)C)ccc1C#N. The fourth-order valence-electron chi connectivity index (χ4n) is 8.33. The molecule has 1 unspecified atom stereocenters. The fraction of sp³-hybridized carbons (Fsp3) is 0.390. The first-order valence-corrected chi connectivity index (χ1v) is 18.2. The van der Waals surface area contributed by atoms with Crippen LogP contribution < -0.4 is 10.1 Å². The summed E-state index contributed by atoms with van der Waals surface area (Å²) in [6.07, 6.45) is 0.748. The quantitative estimate of drug-likeness (QED) is 0.360. The molecule has 3 aromatic carbocycles. The summed E-state index contributed by atoms with van der Waals surface area (Å²) < 4.78 is 6.23. The van der Waals surface area contributed by atoms with Gasteiger partial charge in [0.25, 0.3) is 23.6 Å². The molecule has 5 aliphatic rings. The van der Waals surface area contributed by atoms with Gasteiger partial charge in [0.05, 0.1) is 29.3 Å². The number of aryl methyl sites for hydroxylation is 1. The Hall–Kier alpha value is -5.87. The predicted molar refractivity (Wildman–Crippen MR) is 193 cm³/mol. The molecule has 13 heteroatoms. The number of fused-ring (bicyclic) bond motifs is 3. The molecule has 3 atom stereocenters. The number of carbonyl (C=O) groups is 6. The number of nitrogens with one attached hydrogen (secondary N) is 1. The lowest BCUT2D eigenvalue weighted by Crippen LogP contribution is -2.63. The monoisotopic (exact) mass is 728 g/mol. The maximum Gasteiger partial charge on any atom is 0.262 e. The van der Waals surface area contributed by atoms with Crippen LogP contribution in [-0.4, -0.2) is 86.8 Å². The second-order valence-electron chi connectivity index (χ2n) is 15.6. The molecule has 54 heavy (non-hydrogen) atoms. The van der Waals surface area contributed by atoms with Gasteiger partial charge in [-0.3, -0.25) is 43.5 Å². The van der Waals surface area contributed by atoms with E-state index in [-0.39, 0.29) is 65.8 Å². The second-order valence-corrected chi connectivity index (χ2v) is 15.6. The maximum absolute atomic E-state index is 13.5. The standard InChI is InChI=1S/C41H40N6O7/c1-22-11-29(8-7-24(22)16-42)54-34-15-33(41(34,2)3)43-37(50)23-5-6-25-19-46(20-26(25)12-23)36(49)21-45-17-27-13-30-31(14-28(27)18-45)39(52)47(38(30)51)32-9-10-35(48)44(4)40(32)53/h5-8,11-14,32-34H,9-10,15,17-21H2,1-4H3,(H,43,50)/t32?,33-,34-/m0/s1. The van der Waals surface area contributed by atoms with Crippen molar-refractivity contribution in [1.29, 1.82) is 5.26 Å². The molecule has 13 nitrogen and oxygen atoms in total. The Labute approximate surface area is 312 Å². The molecule has 4 heterocycles. The van der Waals surface area contributed by atoms with Crippen LogP contribution >= 0.6 is 0 Å². The molecule has 4 aliphatic heterocycles. The first kappa shape index (κ1) is 35.2. The van der Waals surface area contributed by atoms with Crippen LogP contribution in [0.25, 0.3) is 0 Å². The Morgan fingerprint density at radius 3 is 2.22 bits per heavy atom. The van der Waals surface area contributed by atoms with E-state index in [1.807, 2.05) is 30.0 Å². The van der Waals surface area contributed by atoms with E-state index in [4.69, 9.17) is 4.74 Å². The summed E-state index contributed by atoms with van der Waals surface area (Å²) >= 11 is 0. The number of rotatable bonds is 7. The lowest BCUT2D eigenvalue weighted by molar-refractivity contribution is -0.149. The first-order valence-electron chi connectivity index (χ1n) is 18.2. The number of ether oxygens (including phenoxy) is 1. The zero-order chi connectivity index (χ0) is 38.2. The number of nitriles is 1. The highest BCUT2D eigenvalue weighted by molar-refractivity contribution is 6.23. The minimum Gasteiger partial charge on any atom is -0.490 e. The summed E-state index contributed by atoms with van der Waals surface area (Å²) in [5.74, 6) is -1.52. The van der Waals surface area contributed by atoms with Crippen molar-refractivity contribution >= 4 is 35.4 Å². The summed E-state index contributed by atoms with van der Waals surface area (Å²) in [6, 6.07) is 15.5. The Morgan fingerprint density at radius 2 is 1.57 bits per heavy atom. The average molecular weight is 729 g/mol. The number of nitrogens with zero attached hydrogens (tertiary/aromatic N) is 5. The van der Waals surface area contributed by atoms with E-state index in [2.05, 4.69) is 25.2 Å². The van der Waals surface area contributed by atoms with Gasteiger partial charge in [0.1, 0.15) is 17.9 Å². The molecule has 276 valence electrons.